The van der Waals surface area contributed by atoms with Gasteiger partial charge in [0, 0.05) is 33.1 Å². The Morgan fingerprint density at radius 1 is 1.17 bits per heavy atom. The SMILES string of the molecule is COc1cc2c(cc1OC)CN(C(=O)[C@@H]1CC(=O)N(C)C1)CC2. The molecule has 3 rings (SSSR count). The molecule has 0 radical (unpaired) electrons. The van der Waals surface area contributed by atoms with Crippen LogP contribution in [0.25, 0.3) is 0 Å². The average Bonchev–Trinajstić information content (AvgIpc) is 2.91. The molecule has 1 aromatic carbocycles. The summed E-state index contributed by atoms with van der Waals surface area (Å²) in [6.45, 7) is 1.76. The highest BCUT2D eigenvalue weighted by Gasteiger charge is 2.35. The van der Waals surface area contributed by atoms with E-state index in [2.05, 4.69) is 0 Å². The average molecular weight is 318 g/mol. The third-order valence-corrected chi connectivity index (χ3v) is 4.72. The summed E-state index contributed by atoms with van der Waals surface area (Å²) >= 11 is 0. The van der Waals surface area contributed by atoms with Crippen molar-refractivity contribution in [2.75, 3.05) is 34.4 Å². The van der Waals surface area contributed by atoms with Crippen molar-refractivity contribution in [3.05, 3.63) is 23.3 Å². The van der Waals surface area contributed by atoms with Crippen LogP contribution in [0.4, 0.5) is 0 Å². The van der Waals surface area contributed by atoms with Crippen molar-refractivity contribution >= 4 is 11.8 Å². The van der Waals surface area contributed by atoms with Crippen LogP contribution in [-0.4, -0.2) is 56.0 Å². The number of hydrogen-bond donors (Lipinski definition) is 0. The maximum atomic E-state index is 12.7. The molecule has 6 nitrogen and oxygen atoms in total. The van der Waals surface area contributed by atoms with Crippen LogP contribution in [0.1, 0.15) is 17.5 Å². The van der Waals surface area contributed by atoms with Crippen molar-refractivity contribution < 1.29 is 19.1 Å². The highest BCUT2D eigenvalue weighted by atomic mass is 16.5. The Morgan fingerprint density at radius 2 is 1.83 bits per heavy atom. The Bertz CT molecular complexity index is 644. The molecule has 2 amide bonds. The molecule has 1 fully saturated rings. The number of carbonyl (C=O) groups is 2. The van der Waals surface area contributed by atoms with Crippen LogP contribution < -0.4 is 9.47 Å². The highest BCUT2D eigenvalue weighted by molar-refractivity contribution is 5.89. The normalized spacial score (nSPS) is 20.5. The summed E-state index contributed by atoms with van der Waals surface area (Å²) in [6.07, 6.45) is 1.11. The Balaban J connectivity index is 1.77. The maximum Gasteiger partial charge on any atom is 0.228 e. The second kappa shape index (κ2) is 6.10. The largest absolute Gasteiger partial charge is 0.493 e. The third kappa shape index (κ3) is 2.85. The summed E-state index contributed by atoms with van der Waals surface area (Å²) in [5.41, 5.74) is 2.27. The van der Waals surface area contributed by atoms with Gasteiger partial charge in [0.05, 0.1) is 20.1 Å². The summed E-state index contributed by atoms with van der Waals surface area (Å²) in [5, 5.41) is 0. The quantitative estimate of drug-likeness (QED) is 0.836. The van der Waals surface area contributed by atoms with Crippen molar-refractivity contribution in [1.82, 2.24) is 9.80 Å². The number of hydrogen-bond acceptors (Lipinski definition) is 4. The molecule has 2 heterocycles. The molecule has 124 valence electrons. The fraction of sp³-hybridized carbons (Fsp3) is 0.529. The Morgan fingerprint density at radius 3 is 2.39 bits per heavy atom. The number of ether oxygens (including phenoxy) is 2. The fourth-order valence-corrected chi connectivity index (χ4v) is 3.36. The lowest BCUT2D eigenvalue weighted by atomic mass is 9.97. The van der Waals surface area contributed by atoms with E-state index in [-0.39, 0.29) is 17.7 Å². The van der Waals surface area contributed by atoms with Gasteiger partial charge in [0.25, 0.3) is 0 Å². The summed E-state index contributed by atoms with van der Waals surface area (Å²) in [5.74, 6) is 1.30. The maximum absolute atomic E-state index is 12.7. The standard InChI is InChI=1S/C17H22N2O4/c1-18-9-13(8-16(18)20)17(21)19-5-4-11-6-14(22-2)15(23-3)7-12(11)10-19/h6-7,13H,4-5,8-10H2,1-3H3/t13-/m1/s1. The molecule has 0 aromatic heterocycles. The van der Waals surface area contributed by atoms with E-state index in [1.165, 1.54) is 5.56 Å². The topological polar surface area (TPSA) is 59.1 Å². The molecular formula is C17H22N2O4. The first-order chi connectivity index (χ1) is 11.0. The van der Waals surface area contributed by atoms with Crippen LogP contribution in [0.15, 0.2) is 12.1 Å². The number of benzene rings is 1. The van der Waals surface area contributed by atoms with E-state index in [1.807, 2.05) is 17.0 Å². The minimum atomic E-state index is -0.214. The second-order valence-corrected chi connectivity index (χ2v) is 6.16. The van der Waals surface area contributed by atoms with Gasteiger partial charge >= 0.3 is 0 Å². The molecule has 23 heavy (non-hydrogen) atoms. The van der Waals surface area contributed by atoms with Gasteiger partial charge in [-0.25, -0.2) is 0 Å². The van der Waals surface area contributed by atoms with E-state index in [9.17, 15) is 9.59 Å². The van der Waals surface area contributed by atoms with Crippen molar-refractivity contribution in [2.24, 2.45) is 5.92 Å². The van der Waals surface area contributed by atoms with Crippen LogP contribution in [0.2, 0.25) is 0 Å². The molecule has 0 spiro atoms. The molecule has 0 N–H and O–H groups in total. The number of nitrogens with zero attached hydrogens (tertiary/aromatic N) is 2. The lowest BCUT2D eigenvalue weighted by molar-refractivity contribution is -0.136. The molecule has 0 saturated carbocycles. The van der Waals surface area contributed by atoms with Crippen molar-refractivity contribution in [1.29, 1.82) is 0 Å². The van der Waals surface area contributed by atoms with Gasteiger partial charge in [0.1, 0.15) is 0 Å². The molecular weight excluding hydrogens is 296 g/mol. The first-order valence-electron chi connectivity index (χ1n) is 7.80. The predicted molar refractivity (Wildman–Crippen MR) is 84.4 cm³/mol. The van der Waals surface area contributed by atoms with Gasteiger partial charge in [-0.1, -0.05) is 0 Å². The third-order valence-electron chi connectivity index (χ3n) is 4.72. The summed E-state index contributed by atoms with van der Waals surface area (Å²) in [7, 11) is 4.98. The molecule has 1 aromatic rings. The van der Waals surface area contributed by atoms with E-state index in [0.717, 1.165) is 12.0 Å². The zero-order valence-electron chi connectivity index (χ0n) is 13.8. The van der Waals surface area contributed by atoms with E-state index < -0.39 is 0 Å². The smallest absolute Gasteiger partial charge is 0.228 e. The van der Waals surface area contributed by atoms with E-state index in [0.29, 0.717) is 37.6 Å². The zero-order valence-corrected chi connectivity index (χ0v) is 13.8. The van der Waals surface area contributed by atoms with Crippen LogP contribution >= 0.6 is 0 Å². The number of rotatable bonds is 3. The van der Waals surface area contributed by atoms with Gasteiger partial charge in [-0.2, -0.15) is 0 Å². The zero-order chi connectivity index (χ0) is 16.6. The lowest BCUT2D eigenvalue weighted by Crippen LogP contribution is -2.40. The van der Waals surface area contributed by atoms with Crippen molar-refractivity contribution in [3.8, 4) is 11.5 Å². The molecule has 6 heteroatoms. The number of methoxy groups -OCH3 is 2. The van der Waals surface area contributed by atoms with Crippen molar-refractivity contribution in [2.45, 2.75) is 19.4 Å². The van der Waals surface area contributed by atoms with Crippen LogP contribution in [-0.2, 0) is 22.6 Å². The van der Waals surface area contributed by atoms with Gasteiger partial charge in [0.2, 0.25) is 11.8 Å². The number of carbonyl (C=O) groups excluding carboxylic acids is 2. The summed E-state index contributed by atoms with van der Waals surface area (Å²) < 4.78 is 10.7. The van der Waals surface area contributed by atoms with Crippen LogP contribution in [0.5, 0.6) is 11.5 Å². The monoisotopic (exact) mass is 318 g/mol. The number of amides is 2. The first kappa shape index (κ1) is 15.6. The predicted octanol–water partition coefficient (Wildman–Crippen LogP) is 1.07. The van der Waals surface area contributed by atoms with Gasteiger partial charge in [-0.05, 0) is 29.7 Å². The fourth-order valence-electron chi connectivity index (χ4n) is 3.36. The number of fused-ring (bicyclic) bond motifs is 1. The first-order valence-corrected chi connectivity index (χ1v) is 7.80. The Labute approximate surface area is 136 Å². The van der Waals surface area contributed by atoms with Gasteiger partial charge in [-0.15, -0.1) is 0 Å². The Hall–Kier alpha value is -2.24. The van der Waals surface area contributed by atoms with E-state index in [1.54, 1.807) is 26.2 Å². The Kier molecular flexibility index (Phi) is 4.15. The van der Waals surface area contributed by atoms with E-state index in [4.69, 9.17) is 9.47 Å². The molecule has 0 bridgehead atoms. The molecule has 1 saturated heterocycles. The minimum Gasteiger partial charge on any atom is -0.493 e. The summed E-state index contributed by atoms with van der Waals surface area (Å²) in [6, 6.07) is 3.93. The number of likely N-dealkylation sites (tertiary alicyclic amines) is 1. The van der Waals surface area contributed by atoms with Crippen LogP contribution in [0, 0.1) is 5.92 Å². The van der Waals surface area contributed by atoms with E-state index >= 15 is 0 Å². The van der Waals surface area contributed by atoms with Crippen LogP contribution in [0.3, 0.4) is 0 Å². The summed E-state index contributed by atoms with van der Waals surface area (Å²) in [4.78, 5) is 27.8. The molecule has 2 aliphatic heterocycles. The second-order valence-electron chi connectivity index (χ2n) is 6.16. The molecule has 0 unspecified atom stereocenters. The molecule has 0 aliphatic carbocycles. The molecule has 1 atom stereocenters. The minimum absolute atomic E-state index is 0.0483. The lowest BCUT2D eigenvalue weighted by Gasteiger charge is -2.31. The van der Waals surface area contributed by atoms with Gasteiger partial charge in [-0.3, -0.25) is 9.59 Å². The highest BCUT2D eigenvalue weighted by Crippen LogP contribution is 2.33. The van der Waals surface area contributed by atoms with Crippen molar-refractivity contribution in [3.63, 3.8) is 0 Å². The van der Waals surface area contributed by atoms with Gasteiger partial charge in [0.15, 0.2) is 11.5 Å². The van der Waals surface area contributed by atoms with Gasteiger partial charge < -0.3 is 19.3 Å². The molecule has 2 aliphatic rings.